The zero-order valence-corrected chi connectivity index (χ0v) is 33.1. The summed E-state index contributed by atoms with van der Waals surface area (Å²) in [6.07, 6.45) is 33.4. The molecule has 0 aromatic rings. The second-order valence-corrected chi connectivity index (χ2v) is 16.4. The monoisotopic (exact) mass is 703 g/mol. The molecule has 3 atom stereocenters. The molecule has 0 spiro atoms. The lowest BCUT2D eigenvalue weighted by Gasteiger charge is -2.30. The highest BCUT2D eigenvalue weighted by atomic mass is 31.2. The maximum Gasteiger partial charge on any atom is 0.268 e. The van der Waals surface area contributed by atoms with Gasteiger partial charge in [0, 0.05) is 6.42 Å². The average molecular weight is 703 g/mol. The van der Waals surface area contributed by atoms with Gasteiger partial charge in [0.05, 0.1) is 39.9 Å². The van der Waals surface area contributed by atoms with Crippen molar-refractivity contribution < 1.29 is 32.9 Å². The molecule has 0 saturated carbocycles. The van der Waals surface area contributed by atoms with Crippen molar-refractivity contribution in [3.8, 4) is 0 Å². The lowest BCUT2D eigenvalue weighted by molar-refractivity contribution is -0.870. The zero-order valence-electron chi connectivity index (χ0n) is 32.2. The Hall–Kier alpha value is -0.760. The van der Waals surface area contributed by atoms with Crippen LogP contribution in [0.5, 0.6) is 0 Å². The van der Waals surface area contributed by atoms with Crippen molar-refractivity contribution in [1.82, 2.24) is 5.32 Å². The summed E-state index contributed by atoms with van der Waals surface area (Å²) in [6, 6.07) is -0.798. The molecule has 3 unspecified atom stereocenters. The number of aliphatic hydroxyl groups is 1. The Bertz CT molecular complexity index is 804. The SMILES string of the molecule is CCCCCC/C=C\CCCCCCCC(=O)NC(COP(=O)([O-])OCC[N+](C)(C)C)C(O)CCCCCCCCCCCCCCC. The Morgan fingerprint density at radius 3 is 1.65 bits per heavy atom. The third-order valence-corrected chi connectivity index (χ3v) is 9.97. The fraction of sp³-hybridized carbons (Fsp3) is 0.923. The topological polar surface area (TPSA) is 108 Å². The summed E-state index contributed by atoms with van der Waals surface area (Å²) < 4.78 is 23.2. The van der Waals surface area contributed by atoms with Crippen LogP contribution in [0, 0.1) is 0 Å². The molecule has 1 amide bonds. The first-order valence-corrected chi connectivity index (χ1v) is 21.5. The molecule has 0 bridgehead atoms. The number of amides is 1. The Balaban J connectivity index is 4.45. The number of rotatable bonds is 36. The van der Waals surface area contributed by atoms with Gasteiger partial charge in [-0.3, -0.25) is 9.36 Å². The number of aliphatic hydroxyl groups excluding tert-OH is 1. The van der Waals surface area contributed by atoms with Gasteiger partial charge in [0.1, 0.15) is 13.2 Å². The van der Waals surface area contributed by atoms with Gasteiger partial charge in [-0.25, -0.2) is 0 Å². The minimum atomic E-state index is -4.55. The number of unbranched alkanes of at least 4 members (excludes halogenated alkanes) is 21. The molecule has 9 heteroatoms. The van der Waals surface area contributed by atoms with Gasteiger partial charge >= 0.3 is 0 Å². The number of hydrogen-bond donors (Lipinski definition) is 2. The van der Waals surface area contributed by atoms with Crippen LogP contribution in [-0.2, 0) is 18.4 Å². The number of nitrogens with zero attached hydrogens (tertiary/aromatic N) is 1. The molecule has 2 N–H and O–H groups in total. The van der Waals surface area contributed by atoms with Crippen molar-refractivity contribution >= 4 is 13.7 Å². The van der Waals surface area contributed by atoms with Gasteiger partial charge in [0.25, 0.3) is 7.82 Å². The number of carbonyl (C=O) groups excluding carboxylic acids is 1. The zero-order chi connectivity index (χ0) is 35.8. The quantitative estimate of drug-likeness (QED) is 0.0291. The van der Waals surface area contributed by atoms with Crippen LogP contribution in [-0.4, -0.2) is 68.5 Å². The van der Waals surface area contributed by atoms with Crippen LogP contribution in [0.1, 0.15) is 181 Å². The highest BCUT2D eigenvalue weighted by molar-refractivity contribution is 7.45. The fourth-order valence-electron chi connectivity index (χ4n) is 5.74. The van der Waals surface area contributed by atoms with Crippen molar-refractivity contribution in [2.45, 2.75) is 193 Å². The first-order valence-electron chi connectivity index (χ1n) is 20.0. The molecule has 286 valence electrons. The molecule has 0 aliphatic heterocycles. The highest BCUT2D eigenvalue weighted by Crippen LogP contribution is 2.38. The molecule has 48 heavy (non-hydrogen) atoms. The Kier molecular flexibility index (Phi) is 31.7. The van der Waals surface area contributed by atoms with E-state index in [2.05, 4.69) is 31.3 Å². The van der Waals surface area contributed by atoms with Gasteiger partial charge in [-0.15, -0.1) is 0 Å². The van der Waals surface area contributed by atoms with E-state index in [1.54, 1.807) is 0 Å². The summed E-state index contributed by atoms with van der Waals surface area (Å²) in [5.74, 6) is -0.175. The summed E-state index contributed by atoms with van der Waals surface area (Å²) in [5, 5.41) is 13.8. The Morgan fingerprint density at radius 2 is 1.15 bits per heavy atom. The number of phosphoric ester groups is 1. The number of phosphoric acid groups is 1. The predicted molar refractivity (Wildman–Crippen MR) is 201 cm³/mol. The molecule has 0 heterocycles. The van der Waals surface area contributed by atoms with Gasteiger partial charge in [-0.1, -0.05) is 148 Å². The molecular weight excluding hydrogens is 623 g/mol. The van der Waals surface area contributed by atoms with E-state index in [1.807, 2.05) is 21.1 Å². The standard InChI is InChI=1S/C39H79N2O6P/c1-6-8-10-12-14-16-18-20-22-24-26-28-30-32-38(42)37(36-47-48(44,45)46-35-34-41(3,4)5)40-39(43)33-31-29-27-25-23-21-19-17-15-13-11-9-7-2/h17,19,37-38,42H,6-16,18,20-36H2,1-5H3,(H-,40,43,44,45)/b19-17-. The van der Waals surface area contributed by atoms with E-state index >= 15 is 0 Å². The largest absolute Gasteiger partial charge is 0.756 e. The predicted octanol–water partition coefficient (Wildman–Crippen LogP) is 9.78. The third-order valence-electron chi connectivity index (χ3n) is 9.00. The van der Waals surface area contributed by atoms with Crippen molar-refractivity contribution in [1.29, 1.82) is 0 Å². The molecule has 0 rings (SSSR count). The van der Waals surface area contributed by atoms with E-state index in [4.69, 9.17) is 9.05 Å². The van der Waals surface area contributed by atoms with Crippen LogP contribution in [0.4, 0.5) is 0 Å². The number of nitrogens with one attached hydrogen (secondary N) is 1. The van der Waals surface area contributed by atoms with E-state index in [9.17, 15) is 19.4 Å². The summed E-state index contributed by atoms with van der Waals surface area (Å²) in [6.45, 7) is 4.68. The van der Waals surface area contributed by atoms with Crippen LogP contribution < -0.4 is 10.2 Å². The first kappa shape index (κ1) is 47.2. The van der Waals surface area contributed by atoms with Crippen LogP contribution in [0.15, 0.2) is 12.2 Å². The van der Waals surface area contributed by atoms with E-state index < -0.39 is 20.0 Å². The van der Waals surface area contributed by atoms with E-state index in [0.29, 0.717) is 23.9 Å². The fourth-order valence-corrected chi connectivity index (χ4v) is 6.46. The summed E-state index contributed by atoms with van der Waals surface area (Å²) >= 11 is 0. The number of allylic oxidation sites excluding steroid dienone is 2. The van der Waals surface area contributed by atoms with Crippen LogP contribution in [0.25, 0.3) is 0 Å². The minimum Gasteiger partial charge on any atom is -0.756 e. The van der Waals surface area contributed by atoms with Crippen molar-refractivity contribution in [2.75, 3.05) is 40.9 Å². The van der Waals surface area contributed by atoms with Crippen LogP contribution >= 0.6 is 7.82 Å². The van der Waals surface area contributed by atoms with Crippen molar-refractivity contribution in [3.05, 3.63) is 12.2 Å². The average Bonchev–Trinajstić information content (AvgIpc) is 3.02. The van der Waals surface area contributed by atoms with Crippen molar-refractivity contribution in [2.24, 2.45) is 0 Å². The number of hydrogen-bond acceptors (Lipinski definition) is 6. The van der Waals surface area contributed by atoms with Crippen LogP contribution in [0.3, 0.4) is 0 Å². The lowest BCUT2D eigenvalue weighted by atomic mass is 10.0. The summed E-state index contributed by atoms with van der Waals surface area (Å²) in [7, 11) is 1.30. The van der Waals surface area contributed by atoms with Gasteiger partial charge < -0.3 is 28.8 Å². The van der Waals surface area contributed by atoms with E-state index in [1.165, 1.54) is 103 Å². The molecule has 0 fully saturated rings. The molecule has 0 aliphatic rings. The molecule has 0 aromatic carbocycles. The normalized spacial score (nSPS) is 14.7. The second-order valence-electron chi connectivity index (χ2n) is 15.0. The maximum absolute atomic E-state index is 12.8. The summed E-state index contributed by atoms with van der Waals surface area (Å²) in [4.78, 5) is 25.2. The first-order chi connectivity index (χ1) is 23.0. The summed E-state index contributed by atoms with van der Waals surface area (Å²) in [5.41, 5.74) is 0. The Morgan fingerprint density at radius 1 is 0.708 bits per heavy atom. The number of quaternary nitrogens is 1. The molecule has 8 nitrogen and oxygen atoms in total. The highest BCUT2D eigenvalue weighted by Gasteiger charge is 2.24. The van der Waals surface area contributed by atoms with E-state index in [-0.39, 0.29) is 19.1 Å². The Labute approximate surface area is 297 Å². The van der Waals surface area contributed by atoms with Gasteiger partial charge in [-0.05, 0) is 38.5 Å². The minimum absolute atomic E-state index is 0.0121. The smallest absolute Gasteiger partial charge is 0.268 e. The maximum atomic E-state index is 12.8. The van der Waals surface area contributed by atoms with E-state index in [0.717, 1.165) is 51.4 Å². The van der Waals surface area contributed by atoms with Crippen molar-refractivity contribution in [3.63, 3.8) is 0 Å². The molecule has 0 radical (unpaired) electrons. The van der Waals surface area contributed by atoms with Gasteiger partial charge in [-0.2, -0.15) is 0 Å². The number of carbonyl (C=O) groups is 1. The number of likely N-dealkylation sites (N-methyl/N-ethyl adjacent to an activating group) is 1. The molecule has 0 aromatic heterocycles. The van der Waals surface area contributed by atoms with Crippen LogP contribution in [0.2, 0.25) is 0 Å². The molecule has 0 saturated heterocycles. The van der Waals surface area contributed by atoms with Gasteiger partial charge in [0.2, 0.25) is 5.91 Å². The second kappa shape index (κ2) is 32.2. The molecular formula is C39H79N2O6P. The molecule has 0 aliphatic carbocycles. The third kappa shape index (κ3) is 33.7. The lowest BCUT2D eigenvalue weighted by Crippen LogP contribution is -2.46. The van der Waals surface area contributed by atoms with Gasteiger partial charge in [0.15, 0.2) is 0 Å².